The highest BCUT2D eigenvalue weighted by atomic mass is 32.1. The van der Waals surface area contributed by atoms with E-state index < -0.39 is 0 Å². The van der Waals surface area contributed by atoms with Gasteiger partial charge in [0.2, 0.25) is 0 Å². The van der Waals surface area contributed by atoms with Gasteiger partial charge in [0.05, 0.1) is 0 Å². The van der Waals surface area contributed by atoms with Crippen molar-refractivity contribution in [2.75, 3.05) is 0 Å². The van der Waals surface area contributed by atoms with Crippen LogP contribution >= 0.6 is 11.3 Å². The van der Waals surface area contributed by atoms with Gasteiger partial charge >= 0.3 is 0 Å². The minimum Gasteiger partial charge on any atom is -0.0779 e. The molecular weight excluding hydrogens is 132 g/mol. The maximum atomic E-state index is 4.26. The lowest BCUT2D eigenvalue weighted by Gasteiger charge is -1.78. The molecule has 0 aliphatic heterocycles. The van der Waals surface area contributed by atoms with Crippen LogP contribution in [0.25, 0.3) is 0 Å². The van der Waals surface area contributed by atoms with Crippen LogP contribution in [-0.2, 0) is 6.54 Å². The molecule has 0 fully saturated rings. The zero-order valence-electron chi connectivity index (χ0n) is 6.01. The molecule has 0 unspecified atom stereocenters. The zero-order chi connectivity index (χ0) is 6.85. The highest BCUT2D eigenvalue weighted by molar-refractivity contribution is 7.10. The van der Waals surface area contributed by atoms with E-state index >= 15 is 0 Å². The quantitative estimate of drug-likeness (QED) is 0.537. The molecule has 0 atom stereocenters. The van der Waals surface area contributed by atoms with Gasteiger partial charge in [-0.15, -0.1) is 0 Å². The SMILES string of the molecule is CC[n+]1nc(C)sc1C. The monoisotopic (exact) mass is 143 g/mol. The predicted molar refractivity (Wildman–Crippen MR) is 37.5 cm³/mol. The second-order valence-electron chi connectivity index (χ2n) is 1.96. The summed E-state index contributed by atoms with van der Waals surface area (Å²) >= 11 is 1.75. The normalized spacial score (nSPS) is 10.1. The third-order valence-electron chi connectivity index (χ3n) is 1.22. The van der Waals surface area contributed by atoms with Crippen LogP contribution < -0.4 is 4.68 Å². The number of aryl methyl sites for hydroxylation is 3. The molecule has 0 N–H and O–H groups in total. The Labute approximate surface area is 59.1 Å². The van der Waals surface area contributed by atoms with Crippen LogP contribution in [0, 0.1) is 13.8 Å². The van der Waals surface area contributed by atoms with Crippen molar-refractivity contribution in [3.63, 3.8) is 0 Å². The Morgan fingerprint density at radius 1 is 1.56 bits per heavy atom. The summed E-state index contributed by atoms with van der Waals surface area (Å²) in [5.74, 6) is 0. The number of nitrogens with zero attached hydrogens (tertiary/aromatic N) is 2. The number of hydrogen-bond acceptors (Lipinski definition) is 2. The Hall–Kier alpha value is -0.440. The van der Waals surface area contributed by atoms with Gasteiger partial charge in [-0.25, -0.2) is 0 Å². The minimum atomic E-state index is 0.982. The van der Waals surface area contributed by atoms with Crippen molar-refractivity contribution in [2.45, 2.75) is 27.3 Å². The molecule has 0 aliphatic carbocycles. The fraction of sp³-hybridized carbons (Fsp3) is 0.667. The van der Waals surface area contributed by atoms with E-state index in [0.29, 0.717) is 0 Å². The second-order valence-corrected chi connectivity index (χ2v) is 3.34. The van der Waals surface area contributed by atoms with Crippen molar-refractivity contribution in [2.24, 2.45) is 0 Å². The standard InChI is InChI=1S/C6H11N2S/c1-4-8-6(3)9-5(2)7-8/h4H2,1-3H3/q+1. The summed E-state index contributed by atoms with van der Waals surface area (Å²) in [5.41, 5.74) is 0. The van der Waals surface area contributed by atoms with Gasteiger partial charge in [-0.05, 0) is 13.8 Å². The molecule has 3 heteroatoms. The van der Waals surface area contributed by atoms with Crippen LogP contribution in [0.15, 0.2) is 0 Å². The Kier molecular flexibility index (Phi) is 1.81. The summed E-state index contributed by atoms with van der Waals surface area (Å²) in [6, 6.07) is 0. The van der Waals surface area contributed by atoms with Gasteiger partial charge < -0.3 is 0 Å². The van der Waals surface area contributed by atoms with Gasteiger partial charge in [0.15, 0.2) is 11.6 Å². The number of rotatable bonds is 1. The molecule has 0 aromatic carbocycles. The molecular formula is C6H11N2S+. The van der Waals surface area contributed by atoms with Gasteiger partial charge in [-0.2, -0.15) is 0 Å². The van der Waals surface area contributed by atoms with Crippen molar-refractivity contribution < 1.29 is 4.68 Å². The van der Waals surface area contributed by atoms with Crippen molar-refractivity contribution in [3.05, 3.63) is 10.0 Å². The topological polar surface area (TPSA) is 16.8 Å². The molecule has 1 heterocycles. The Morgan fingerprint density at radius 3 is 2.44 bits per heavy atom. The highest BCUT2D eigenvalue weighted by Gasteiger charge is 2.08. The van der Waals surface area contributed by atoms with Crippen molar-refractivity contribution in [1.82, 2.24) is 5.10 Å². The average Bonchev–Trinajstić information content (AvgIpc) is 2.10. The molecule has 0 amide bonds. The molecule has 0 aliphatic rings. The van der Waals surface area contributed by atoms with E-state index in [2.05, 4.69) is 18.9 Å². The predicted octanol–water partition coefficient (Wildman–Crippen LogP) is 1.07. The molecule has 0 radical (unpaired) electrons. The maximum absolute atomic E-state index is 4.26. The van der Waals surface area contributed by atoms with E-state index in [1.165, 1.54) is 5.01 Å². The van der Waals surface area contributed by atoms with Crippen LogP contribution in [0.5, 0.6) is 0 Å². The number of aromatic nitrogens is 2. The number of hydrogen-bond donors (Lipinski definition) is 0. The van der Waals surface area contributed by atoms with Crippen LogP contribution in [0.1, 0.15) is 16.9 Å². The lowest BCUT2D eigenvalue weighted by Crippen LogP contribution is -2.36. The summed E-state index contributed by atoms with van der Waals surface area (Å²) < 4.78 is 2.01. The summed E-state index contributed by atoms with van der Waals surface area (Å²) in [7, 11) is 0. The first-order valence-corrected chi connectivity index (χ1v) is 3.90. The summed E-state index contributed by atoms with van der Waals surface area (Å²) in [5, 5.41) is 6.70. The third-order valence-corrected chi connectivity index (χ3v) is 2.10. The lowest BCUT2D eigenvalue weighted by atomic mass is 10.7. The fourth-order valence-electron chi connectivity index (χ4n) is 0.821. The molecule has 0 bridgehead atoms. The van der Waals surface area contributed by atoms with Gasteiger partial charge in [-0.1, -0.05) is 16.0 Å². The van der Waals surface area contributed by atoms with Crippen molar-refractivity contribution in [3.8, 4) is 0 Å². The third kappa shape index (κ3) is 1.27. The molecule has 2 nitrogen and oxygen atoms in total. The first kappa shape index (κ1) is 6.68. The fourth-order valence-corrected chi connectivity index (χ4v) is 1.66. The van der Waals surface area contributed by atoms with Crippen molar-refractivity contribution >= 4 is 11.3 Å². The molecule has 0 spiro atoms. The summed E-state index contributed by atoms with van der Waals surface area (Å²) in [4.78, 5) is 0. The minimum absolute atomic E-state index is 0.982. The first-order valence-electron chi connectivity index (χ1n) is 3.08. The molecule has 1 rings (SSSR count). The largest absolute Gasteiger partial charge is 0.262 e. The van der Waals surface area contributed by atoms with Crippen LogP contribution in [0.2, 0.25) is 0 Å². The second kappa shape index (κ2) is 2.43. The van der Waals surface area contributed by atoms with Crippen LogP contribution in [-0.4, -0.2) is 5.10 Å². The van der Waals surface area contributed by atoms with E-state index in [0.717, 1.165) is 11.6 Å². The van der Waals surface area contributed by atoms with Crippen molar-refractivity contribution in [1.29, 1.82) is 0 Å². The first-order chi connectivity index (χ1) is 4.24. The van der Waals surface area contributed by atoms with Gasteiger partial charge in [0, 0.05) is 12.0 Å². The van der Waals surface area contributed by atoms with E-state index in [4.69, 9.17) is 0 Å². The smallest absolute Gasteiger partial charge is 0.0779 e. The van der Waals surface area contributed by atoms with E-state index in [9.17, 15) is 0 Å². The Bertz CT molecular complexity index is 205. The van der Waals surface area contributed by atoms with Gasteiger partial charge in [0.1, 0.15) is 0 Å². The summed E-state index contributed by atoms with van der Waals surface area (Å²) in [6.45, 7) is 7.21. The highest BCUT2D eigenvalue weighted by Crippen LogP contribution is 2.03. The van der Waals surface area contributed by atoms with Crippen LogP contribution in [0.3, 0.4) is 0 Å². The lowest BCUT2D eigenvalue weighted by molar-refractivity contribution is -0.751. The van der Waals surface area contributed by atoms with E-state index in [1.807, 2.05) is 11.6 Å². The van der Waals surface area contributed by atoms with Gasteiger partial charge in [0.25, 0.3) is 5.01 Å². The Balaban J connectivity index is 3.01. The van der Waals surface area contributed by atoms with Gasteiger partial charge in [-0.3, -0.25) is 0 Å². The zero-order valence-corrected chi connectivity index (χ0v) is 6.83. The molecule has 0 saturated heterocycles. The molecule has 1 aromatic heterocycles. The molecule has 9 heavy (non-hydrogen) atoms. The Morgan fingerprint density at radius 2 is 2.22 bits per heavy atom. The average molecular weight is 143 g/mol. The van der Waals surface area contributed by atoms with E-state index in [1.54, 1.807) is 11.3 Å². The van der Waals surface area contributed by atoms with Crippen LogP contribution in [0.4, 0.5) is 0 Å². The summed E-state index contributed by atoms with van der Waals surface area (Å²) in [6.07, 6.45) is 0. The molecule has 0 saturated carbocycles. The van der Waals surface area contributed by atoms with E-state index in [-0.39, 0.29) is 0 Å². The molecule has 1 aromatic rings. The maximum Gasteiger partial charge on any atom is 0.262 e. The molecule has 50 valence electrons.